The molecule has 0 amide bonds. The number of hydrogen-bond donors (Lipinski definition) is 1. The van der Waals surface area contributed by atoms with Gasteiger partial charge < -0.3 is 15.2 Å². The molecule has 1 saturated heterocycles. The number of ether oxygens (including phenoxy) is 2. The molecule has 116 valence electrons. The smallest absolute Gasteiger partial charge is 0.129 e. The molecule has 1 aromatic rings. The van der Waals surface area contributed by atoms with Crippen LogP contribution >= 0.6 is 12.2 Å². The van der Waals surface area contributed by atoms with Crippen LogP contribution in [0.1, 0.15) is 31.4 Å². The average molecular weight is 308 g/mol. The molecule has 2 N–H and O–H groups in total. The van der Waals surface area contributed by atoms with E-state index in [4.69, 9.17) is 27.4 Å². The number of hydrogen-bond acceptors (Lipinski definition) is 4. The summed E-state index contributed by atoms with van der Waals surface area (Å²) in [6.45, 7) is 6.97. The molecule has 0 saturated carbocycles. The van der Waals surface area contributed by atoms with Gasteiger partial charge in [-0.15, -0.1) is 0 Å². The summed E-state index contributed by atoms with van der Waals surface area (Å²) in [5, 5.41) is 0. The maximum atomic E-state index is 5.74. The van der Waals surface area contributed by atoms with Gasteiger partial charge in [-0.25, -0.2) is 0 Å². The van der Waals surface area contributed by atoms with E-state index in [-0.39, 0.29) is 6.10 Å². The monoisotopic (exact) mass is 308 g/mol. The van der Waals surface area contributed by atoms with Crippen LogP contribution in [-0.2, 0) is 11.3 Å². The first-order valence-electron chi connectivity index (χ1n) is 7.37. The summed E-state index contributed by atoms with van der Waals surface area (Å²) in [5.41, 5.74) is 7.71. The van der Waals surface area contributed by atoms with Crippen molar-refractivity contribution in [1.82, 2.24) is 4.90 Å². The number of methoxy groups -OCH3 is 1. The van der Waals surface area contributed by atoms with E-state index >= 15 is 0 Å². The summed E-state index contributed by atoms with van der Waals surface area (Å²) in [4.78, 5) is 2.84. The Balaban J connectivity index is 2.16. The standard InChI is InChI=1S/C16H24N2O2S/c1-4-13-10-20-11(2)8-18(13)9-12-5-6-14(16(17)21)15(7-12)19-3/h5-7,11,13H,4,8-10H2,1-3H3,(H2,17,21). The van der Waals surface area contributed by atoms with Gasteiger partial charge in [0, 0.05) is 19.1 Å². The topological polar surface area (TPSA) is 47.7 Å². The molecule has 21 heavy (non-hydrogen) atoms. The number of thiocarbonyl (C=S) groups is 1. The molecular formula is C16H24N2O2S. The maximum Gasteiger partial charge on any atom is 0.129 e. The summed E-state index contributed by atoms with van der Waals surface area (Å²) >= 11 is 5.04. The lowest BCUT2D eigenvalue weighted by Gasteiger charge is -2.38. The van der Waals surface area contributed by atoms with Gasteiger partial charge in [0.2, 0.25) is 0 Å². The molecule has 1 aliphatic heterocycles. The van der Waals surface area contributed by atoms with Crippen molar-refractivity contribution < 1.29 is 9.47 Å². The second-order valence-electron chi connectivity index (χ2n) is 5.53. The van der Waals surface area contributed by atoms with Gasteiger partial charge in [0.25, 0.3) is 0 Å². The molecule has 4 nitrogen and oxygen atoms in total. The lowest BCUT2D eigenvalue weighted by atomic mass is 10.1. The number of morpholine rings is 1. The highest BCUT2D eigenvalue weighted by Crippen LogP contribution is 2.23. The van der Waals surface area contributed by atoms with E-state index in [1.165, 1.54) is 5.56 Å². The first-order chi connectivity index (χ1) is 10.0. The van der Waals surface area contributed by atoms with Crippen LogP contribution in [0.2, 0.25) is 0 Å². The van der Waals surface area contributed by atoms with Gasteiger partial charge in [-0.2, -0.15) is 0 Å². The zero-order valence-electron chi connectivity index (χ0n) is 13.0. The molecule has 0 spiro atoms. The second kappa shape index (κ2) is 7.20. The molecule has 5 heteroatoms. The van der Waals surface area contributed by atoms with Crippen LogP contribution < -0.4 is 10.5 Å². The van der Waals surface area contributed by atoms with Crippen molar-refractivity contribution in [1.29, 1.82) is 0 Å². The Morgan fingerprint density at radius 3 is 2.90 bits per heavy atom. The first kappa shape index (κ1) is 16.2. The summed E-state index contributed by atoms with van der Waals surface area (Å²) in [6.07, 6.45) is 1.38. The fraction of sp³-hybridized carbons (Fsp3) is 0.562. The second-order valence-corrected chi connectivity index (χ2v) is 5.97. The van der Waals surface area contributed by atoms with Crippen molar-refractivity contribution in [2.45, 2.75) is 39.0 Å². The van der Waals surface area contributed by atoms with Crippen molar-refractivity contribution in [3.8, 4) is 5.75 Å². The normalized spacial score (nSPS) is 23.0. The Bertz CT molecular complexity index is 507. The van der Waals surface area contributed by atoms with E-state index in [1.807, 2.05) is 12.1 Å². The fourth-order valence-electron chi connectivity index (χ4n) is 2.75. The number of nitrogens with zero attached hydrogens (tertiary/aromatic N) is 1. The van der Waals surface area contributed by atoms with Gasteiger partial charge in [0.05, 0.1) is 25.4 Å². The molecule has 2 atom stereocenters. The van der Waals surface area contributed by atoms with Crippen LogP contribution in [0.15, 0.2) is 18.2 Å². The number of rotatable bonds is 5. The van der Waals surface area contributed by atoms with Crippen molar-refractivity contribution in [3.05, 3.63) is 29.3 Å². The molecular weight excluding hydrogens is 284 g/mol. The zero-order chi connectivity index (χ0) is 15.4. The third kappa shape index (κ3) is 3.93. The van der Waals surface area contributed by atoms with Crippen LogP contribution in [0.5, 0.6) is 5.75 Å². The number of benzene rings is 1. The van der Waals surface area contributed by atoms with Crippen molar-refractivity contribution >= 4 is 17.2 Å². The van der Waals surface area contributed by atoms with Crippen LogP contribution in [0.3, 0.4) is 0 Å². The third-order valence-corrected chi connectivity index (χ3v) is 4.19. The molecule has 0 radical (unpaired) electrons. The Morgan fingerprint density at radius 2 is 2.29 bits per heavy atom. The van der Waals surface area contributed by atoms with E-state index in [1.54, 1.807) is 7.11 Å². The minimum absolute atomic E-state index is 0.283. The average Bonchev–Trinajstić information content (AvgIpc) is 2.47. The van der Waals surface area contributed by atoms with Gasteiger partial charge in [-0.05, 0) is 31.0 Å². The number of nitrogens with two attached hydrogens (primary N) is 1. The molecule has 2 rings (SSSR count). The van der Waals surface area contributed by atoms with Crippen LogP contribution in [0, 0.1) is 0 Å². The van der Waals surface area contributed by atoms with Crippen LogP contribution in [-0.4, -0.2) is 42.3 Å². The van der Waals surface area contributed by atoms with Crippen LogP contribution in [0.4, 0.5) is 0 Å². The van der Waals surface area contributed by atoms with Crippen molar-refractivity contribution in [2.75, 3.05) is 20.3 Å². The van der Waals surface area contributed by atoms with E-state index in [9.17, 15) is 0 Å². The van der Waals surface area contributed by atoms with E-state index in [0.717, 1.165) is 37.4 Å². The molecule has 1 fully saturated rings. The van der Waals surface area contributed by atoms with E-state index < -0.39 is 0 Å². The van der Waals surface area contributed by atoms with Gasteiger partial charge >= 0.3 is 0 Å². The lowest BCUT2D eigenvalue weighted by molar-refractivity contribution is -0.0592. The Hall–Kier alpha value is -1.17. The molecule has 1 aliphatic rings. The largest absolute Gasteiger partial charge is 0.496 e. The summed E-state index contributed by atoms with van der Waals surface area (Å²) in [7, 11) is 1.65. The Kier molecular flexibility index (Phi) is 5.56. The van der Waals surface area contributed by atoms with E-state index in [0.29, 0.717) is 11.0 Å². The molecule has 2 unspecified atom stereocenters. The highest BCUT2D eigenvalue weighted by Gasteiger charge is 2.25. The highest BCUT2D eigenvalue weighted by molar-refractivity contribution is 7.80. The minimum atomic E-state index is 0.283. The third-order valence-electron chi connectivity index (χ3n) is 3.97. The van der Waals surface area contributed by atoms with Gasteiger partial charge in [0.15, 0.2) is 0 Å². The highest BCUT2D eigenvalue weighted by atomic mass is 32.1. The Labute approximate surface area is 132 Å². The summed E-state index contributed by atoms with van der Waals surface area (Å²) in [5.74, 6) is 0.745. The van der Waals surface area contributed by atoms with Crippen molar-refractivity contribution in [3.63, 3.8) is 0 Å². The maximum absolute atomic E-state index is 5.74. The van der Waals surface area contributed by atoms with Crippen LogP contribution in [0.25, 0.3) is 0 Å². The molecule has 1 heterocycles. The van der Waals surface area contributed by atoms with Gasteiger partial charge in [0.1, 0.15) is 10.7 Å². The predicted octanol–water partition coefficient (Wildman–Crippen LogP) is 2.33. The first-order valence-corrected chi connectivity index (χ1v) is 7.78. The van der Waals surface area contributed by atoms with Crippen molar-refractivity contribution in [2.24, 2.45) is 5.73 Å². The Morgan fingerprint density at radius 1 is 1.52 bits per heavy atom. The predicted molar refractivity (Wildman–Crippen MR) is 88.8 cm³/mol. The molecule has 0 aromatic heterocycles. The molecule has 0 aliphatic carbocycles. The summed E-state index contributed by atoms with van der Waals surface area (Å²) in [6, 6.07) is 6.52. The fourth-order valence-corrected chi connectivity index (χ4v) is 2.92. The lowest BCUT2D eigenvalue weighted by Crippen LogP contribution is -2.47. The quantitative estimate of drug-likeness (QED) is 0.846. The summed E-state index contributed by atoms with van der Waals surface area (Å²) < 4.78 is 11.1. The SMILES string of the molecule is CCC1COC(C)CN1Cc1ccc(C(N)=S)c(OC)c1. The van der Waals surface area contributed by atoms with Gasteiger partial charge in [-0.3, -0.25) is 4.90 Å². The van der Waals surface area contributed by atoms with E-state index in [2.05, 4.69) is 24.8 Å². The zero-order valence-corrected chi connectivity index (χ0v) is 13.8. The van der Waals surface area contributed by atoms with Gasteiger partial charge in [-0.1, -0.05) is 25.2 Å². The molecule has 0 bridgehead atoms. The molecule has 1 aromatic carbocycles. The minimum Gasteiger partial charge on any atom is -0.496 e.